The van der Waals surface area contributed by atoms with Crippen LogP contribution < -0.4 is 5.46 Å². The summed E-state index contributed by atoms with van der Waals surface area (Å²) in [6, 6.07) is 4.04. The van der Waals surface area contributed by atoms with Crippen LogP contribution in [0.4, 0.5) is 0 Å². The number of hydrogen-bond acceptors (Lipinski definition) is 3. The van der Waals surface area contributed by atoms with Crippen LogP contribution in [0.3, 0.4) is 0 Å². The van der Waals surface area contributed by atoms with Gasteiger partial charge in [-0.2, -0.15) is 0 Å². The second-order valence-corrected chi connectivity index (χ2v) is 6.24. The van der Waals surface area contributed by atoms with Gasteiger partial charge in [-0.05, 0) is 31.4 Å². The zero-order valence-electron chi connectivity index (χ0n) is 11.3. The maximum atomic E-state index is 5.85. The van der Waals surface area contributed by atoms with Gasteiger partial charge in [-0.15, -0.1) is 0 Å². The van der Waals surface area contributed by atoms with Gasteiger partial charge in [-0.25, -0.2) is 0 Å². The molecule has 17 heavy (non-hydrogen) atoms. The molecule has 0 aliphatic carbocycles. The molecule has 1 saturated heterocycles. The molecule has 0 amide bonds. The quantitative estimate of drug-likeness (QED) is 0.694. The zero-order valence-corrected chi connectivity index (χ0v) is 11.3. The van der Waals surface area contributed by atoms with Gasteiger partial charge in [0.25, 0.3) is 0 Å². The van der Waals surface area contributed by atoms with Crippen molar-refractivity contribution in [3.63, 3.8) is 0 Å². The van der Waals surface area contributed by atoms with Crippen molar-refractivity contribution in [1.29, 1.82) is 0 Å². The SMILES string of the molecule is CC1(C)COB(c2ccnc(C(C)(C)C)c2)O1. The van der Waals surface area contributed by atoms with Crippen LogP contribution in [0.5, 0.6) is 0 Å². The van der Waals surface area contributed by atoms with Gasteiger partial charge in [-0.3, -0.25) is 4.98 Å². The van der Waals surface area contributed by atoms with Crippen LogP contribution in [0.25, 0.3) is 0 Å². The molecule has 2 heterocycles. The fourth-order valence-corrected chi connectivity index (χ4v) is 1.80. The summed E-state index contributed by atoms with van der Waals surface area (Å²) < 4.78 is 11.5. The second kappa shape index (κ2) is 4.11. The van der Waals surface area contributed by atoms with Gasteiger partial charge >= 0.3 is 7.12 Å². The molecule has 0 saturated carbocycles. The second-order valence-electron chi connectivity index (χ2n) is 6.24. The van der Waals surface area contributed by atoms with Crippen LogP contribution in [0.15, 0.2) is 18.3 Å². The van der Waals surface area contributed by atoms with Crippen LogP contribution in [-0.2, 0) is 14.7 Å². The summed E-state index contributed by atoms with van der Waals surface area (Å²) in [6.07, 6.45) is 1.83. The maximum Gasteiger partial charge on any atom is 0.494 e. The van der Waals surface area contributed by atoms with E-state index in [-0.39, 0.29) is 18.1 Å². The molecule has 0 spiro atoms. The van der Waals surface area contributed by atoms with Crippen LogP contribution in [-0.4, -0.2) is 24.3 Å². The third-order valence-corrected chi connectivity index (χ3v) is 2.83. The molecule has 0 N–H and O–H groups in total. The molecule has 4 heteroatoms. The first-order valence-electron chi connectivity index (χ1n) is 6.04. The highest BCUT2D eigenvalue weighted by molar-refractivity contribution is 6.61. The Morgan fingerprint density at radius 2 is 2.06 bits per heavy atom. The first-order valence-corrected chi connectivity index (χ1v) is 6.04. The van der Waals surface area contributed by atoms with Crippen molar-refractivity contribution in [3.8, 4) is 0 Å². The molecule has 1 fully saturated rings. The van der Waals surface area contributed by atoms with Crippen molar-refractivity contribution in [2.24, 2.45) is 0 Å². The van der Waals surface area contributed by atoms with Crippen molar-refractivity contribution < 1.29 is 9.31 Å². The predicted molar refractivity (Wildman–Crippen MR) is 69.4 cm³/mol. The minimum atomic E-state index is -0.255. The summed E-state index contributed by atoms with van der Waals surface area (Å²) in [6.45, 7) is 11.2. The summed E-state index contributed by atoms with van der Waals surface area (Å²) in [7, 11) is -0.255. The Kier molecular flexibility index (Phi) is 3.04. The van der Waals surface area contributed by atoms with E-state index in [1.807, 2.05) is 26.1 Å². The van der Waals surface area contributed by atoms with Gasteiger partial charge in [0.05, 0.1) is 12.2 Å². The predicted octanol–water partition coefficient (Wildman–Crippen LogP) is 1.90. The molecule has 1 aromatic rings. The number of pyridine rings is 1. The molecular formula is C13H20BNO2. The van der Waals surface area contributed by atoms with E-state index in [1.165, 1.54) is 0 Å². The zero-order chi connectivity index (χ0) is 12.7. The Hall–Kier alpha value is -0.865. The lowest BCUT2D eigenvalue weighted by molar-refractivity contribution is 0.137. The summed E-state index contributed by atoms with van der Waals surface area (Å²) in [5.41, 5.74) is 1.96. The molecule has 0 aromatic carbocycles. The van der Waals surface area contributed by atoms with E-state index in [0.29, 0.717) is 6.61 Å². The minimum Gasteiger partial charge on any atom is -0.404 e. The highest BCUT2D eigenvalue weighted by Gasteiger charge is 2.38. The molecule has 92 valence electrons. The van der Waals surface area contributed by atoms with Gasteiger partial charge in [-0.1, -0.05) is 20.8 Å². The molecular weight excluding hydrogens is 213 g/mol. The molecule has 0 unspecified atom stereocenters. The maximum absolute atomic E-state index is 5.85. The van der Waals surface area contributed by atoms with Gasteiger partial charge in [0.15, 0.2) is 0 Å². The summed E-state index contributed by atoms with van der Waals surface area (Å²) in [5, 5.41) is 0. The molecule has 3 nitrogen and oxygen atoms in total. The van der Waals surface area contributed by atoms with E-state index in [0.717, 1.165) is 11.2 Å². The smallest absolute Gasteiger partial charge is 0.404 e. The highest BCUT2D eigenvalue weighted by atomic mass is 16.7. The van der Waals surface area contributed by atoms with E-state index < -0.39 is 0 Å². The monoisotopic (exact) mass is 233 g/mol. The van der Waals surface area contributed by atoms with Gasteiger partial charge in [0.1, 0.15) is 0 Å². The lowest BCUT2D eigenvalue weighted by Crippen LogP contribution is -2.35. The van der Waals surface area contributed by atoms with E-state index in [9.17, 15) is 0 Å². The summed E-state index contributed by atoms with van der Waals surface area (Å²) in [5.74, 6) is 0. The van der Waals surface area contributed by atoms with Crippen molar-refractivity contribution in [2.45, 2.75) is 45.6 Å². The third kappa shape index (κ3) is 2.88. The number of nitrogens with zero attached hydrogens (tertiary/aromatic N) is 1. The first-order chi connectivity index (χ1) is 7.78. The van der Waals surface area contributed by atoms with Crippen molar-refractivity contribution in [3.05, 3.63) is 24.0 Å². The summed E-state index contributed by atoms with van der Waals surface area (Å²) >= 11 is 0. The molecule has 0 radical (unpaired) electrons. The van der Waals surface area contributed by atoms with E-state index in [2.05, 4.69) is 31.8 Å². The molecule has 2 rings (SSSR count). The van der Waals surface area contributed by atoms with Crippen molar-refractivity contribution in [1.82, 2.24) is 4.98 Å². The van der Waals surface area contributed by atoms with Crippen LogP contribution in [0, 0.1) is 0 Å². The minimum absolute atomic E-state index is 0.0458. The van der Waals surface area contributed by atoms with Gasteiger partial charge in [0.2, 0.25) is 0 Å². The van der Waals surface area contributed by atoms with Crippen LogP contribution >= 0.6 is 0 Å². The van der Waals surface area contributed by atoms with Gasteiger partial charge in [0, 0.05) is 17.3 Å². The standard InChI is InChI=1S/C13H20BNO2/c1-12(2,3)11-8-10(6-7-15-11)14-16-9-13(4,5)17-14/h6-8H,9H2,1-5H3. The molecule has 0 bridgehead atoms. The number of aromatic nitrogens is 1. The van der Waals surface area contributed by atoms with E-state index in [1.54, 1.807) is 0 Å². The van der Waals surface area contributed by atoms with Crippen LogP contribution in [0.1, 0.15) is 40.3 Å². The molecule has 0 atom stereocenters. The highest BCUT2D eigenvalue weighted by Crippen LogP contribution is 2.22. The Morgan fingerprint density at radius 3 is 2.59 bits per heavy atom. The Labute approximate surface area is 104 Å². The number of hydrogen-bond donors (Lipinski definition) is 0. The lowest BCUT2D eigenvalue weighted by atomic mass is 9.77. The summed E-state index contributed by atoms with van der Waals surface area (Å²) in [4.78, 5) is 4.41. The average molecular weight is 233 g/mol. The largest absolute Gasteiger partial charge is 0.494 e. The lowest BCUT2D eigenvalue weighted by Gasteiger charge is -2.19. The molecule has 1 aliphatic rings. The Bertz CT molecular complexity index is 412. The van der Waals surface area contributed by atoms with Crippen molar-refractivity contribution in [2.75, 3.05) is 6.61 Å². The number of rotatable bonds is 1. The van der Waals surface area contributed by atoms with Gasteiger partial charge < -0.3 is 9.31 Å². The Morgan fingerprint density at radius 1 is 1.35 bits per heavy atom. The third-order valence-electron chi connectivity index (χ3n) is 2.83. The fourth-order valence-electron chi connectivity index (χ4n) is 1.80. The van der Waals surface area contributed by atoms with Crippen molar-refractivity contribution >= 4 is 12.6 Å². The molecule has 1 aromatic heterocycles. The topological polar surface area (TPSA) is 31.4 Å². The Balaban J connectivity index is 2.23. The van der Waals surface area contributed by atoms with E-state index in [4.69, 9.17) is 9.31 Å². The van der Waals surface area contributed by atoms with Crippen LogP contribution in [0.2, 0.25) is 0 Å². The average Bonchev–Trinajstić information content (AvgIpc) is 2.58. The fraction of sp³-hybridized carbons (Fsp3) is 0.615. The molecule has 1 aliphatic heterocycles. The van der Waals surface area contributed by atoms with E-state index >= 15 is 0 Å². The normalized spacial score (nSPS) is 19.7. The first kappa shape index (κ1) is 12.6.